The molecule has 1 unspecified atom stereocenters. The first-order valence-corrected chi connectivity index (χ1v) is 11.2. The van der Waals surface area contributed by atoms with Crippen LogP contribution < -0.4 is 10.9 Å². The van der Waals surface area contributed by atoms with Crippen LogP contribution in [0.4, 0.5) is 10.5 Å². The predicted molar refractivity (Wildman–Crippen MR) is 132 cm³/mol. The van der Waals surface area contributed by atoms with Crippen LogP contribution in [0.2, 0.25) is 0 Å². The number of urea groups is 1. The monoisotopic (exact) mass is 440 g/mol. The maximum absolute atomic E-state index is 13.5. The van der Waals surface area contributed by atoms with Crippen molar-refractivity contribution in [1.82, 2.24) is 14.5 Å². The Bertz CT molecular complexity index is 1290. The van der Waals surface area contributed by atoms with Gasteiger partial charge in [-0.3, -0.25) is 9.36 Å². The van der Waals surface area contributed by atoms with Gasteiger partial charge in [0.2, 0.25) is 0 Å². The number of amides is 2. The van der Waals surface area contributed by atoms with Crippen molar-refractivity contribution in [3.05, 3.63) is 107 Å². The third kappa shape index (κ3) is 4.95. The molecule has 4 aromatic rings. The van der Waals surface area contributed by atoms with Crippen molar-refractivity contribution in [2.75, 3.05) is 11.9 Å². The van der Waals surface area contributed by atoms with Crippen LogP contribution in [0.5, 0.6) is 0 Å². The SMILES string of the molecule is CCC(c1nc2ccccc2c(=O)n1C)N(CCc1ccccc1)C(=O)Nc1ccccc1. The number of anilines is 1. The number of benzene rings is 3. The van der Waals surface area contributed by atoms with Gasteiger partial charge in [0.25, 0.3) is 5.56 Å². The summed E-state index contributed by atoms with van der Waals surface area (Å²) in [4.78, 5) is 33.1. The second-order valence-corrected chi connectivity index (χ2v) is 8.00. The largest absolute Gasteiger partial charge is 0.322 e. The third-order valence-corrected chi connectivity index (χ3v) is 5.85. The molecule has 168 valence electrons. The van der Waals surface area contributed by atoms with Crippen molar-refractivity contribution in [1.29, 1.82) is 0 Å². The number of carbonyl (C=O) groups is 1. The molecule has 0 fully saturated rings. The molecule has 0 aliphatic carbocycles. The smallest absolute Gasteiger partial charge is 0.314 e. The molecule has 6 nitrogen and oxygen atoms in total. The van der Waals surface area contributed by atoms with Gasteiger partial charge in [0.05, 0.1) is 16.9 Å². The number of rotatable bonds is 7. The summed E-state index contributed by atoms with van der Waals surface area (Å²) in [6.07, 6.45) is 1.32. The lowest BCUT2D eigenvalue weighted by molar-refractivity contribution is 0.181. The van der Waals surface area contributed by atoms with E-state index in [2.05, 4.69) is 17.4 Å². The lowest BCUT2D eigenvalue weighted by atomic mass is 10.1. The highest BCUT2D eigenvalue weighted by Gasteiger charge is 2.27. The van der Waals surface area contributed by atoms with Crippen molar-refractivity contribution in [3.63, 3.8) is 0 Å². The van der Waals surface area contributed by atoms with Gasteiger partial charge < -0.3 is 10.2 Å². The third-order valence-electron chi connectivity index (χ3n) is 5.85. The predicted octanol–water partition coefficient (Wildman–Crippen LogP) is 5.16. The number of aromatic nitrogens is 2. The minimum Gasteiger partial charge on any atom is -0.314 e. The van der Waals surface area contributed by atoms with Crippen LogP contribution in [-0.2, 0) is 13.5 Å². The normalized spacial score (nSPS) is 11.8. The zero-order chi connectivity index (χ0) is 23.2. The summed E-state index contributed by atoms with van der Waals surface area (Å²) in [7, 11) is 1.73. The summed E-state index contributed by atoms with van der Waals surface area (Å²) < 4.78 is 1.57. The molecule has 0 aliphatic rings. The van der Waals surface area contributed by atoms with Crippen molar-refractivity contribution >= 4 is 22.6 Å². The minimum absolute atomic E-state index is 0.111. The van der Waals surface area contributed by atoms with Crippen LogP contribution in [0.15, 0.2) is 89.7 Å². The number of fused-ring (bicyclic) bond motifs is 1. The Morgan fingerprint density at radius 1 is 0.970 bits per heavy atom. The average molecular weight is 441 g/mol. The molecule has 3 aromatic carbocycles. The van der Waals surface area contributed by atoms with E-state index in [1.165, 1.54) is 0 Å². The number of carbonyl (C=O) groups excluding carboxylic acids is 1. The van der Waals surface area contributed by atoms with Gasteiger partial charge in [0.15, 0.2) is 0 Å². The summed E-state index contributed by atoms with van der Waals surface area (Å²) in [5.41, 5.74) is 2.40. The lowest BCUT2D eigenvalue weighted by Gasteiger charge is -2.32. The Labute approximate surface area is 193 Å². The van der Waals surface area contributed by atoms with Crippen molar-refractivity contribution in [3.8, 4) is 0 Å². The molecule has 0 bridgehead atoms. The number of hydrogen-bond acceptors (Lipinski definition) is 3. The van der Waals surface area contributed by atoms with Crippen molar-refractivity contribution < 1.29 is 4.79 Å². The lowest BCUT2D eigenvalue weighted by Crippen LogP contribution is -2.41. The van der Waals surface area contributed by atoms with Crippen molar-refractivity contribution in [2.24, 2.45) is 7.05 Å². The van der Waals surface area contributed by atoms with Crippen LogP contribution in [0.3, 0.4) is 0 Å². The molecule has 0 saturated heterocycles. The number of hydrogen-bond donors (Lipinski definition) is 1. The van der Waals surface area contributed by atoms with Gasteiger partial charge in [0, 0.05) is 19.3 Å². The quantitative estimate of drug-likeness (QED) is 0.432. The molecule has 0 aliphatic heterocycles. The molecule has 0 saturated carbocycles. The second kappa shape index (κ2) is 10.1. The highest BCUT2D eigenvalue weighted by molar-refractivity contribution is 5.89. The molecule has 1 aromatic heterocycles. The van der Waals surface area contributed by atoms with E-state index in [1.54, 1.807) is 22.6 Å². The first-order valence-electron chi connectivity index (χ1n) is 11.2. The van der Waals surface area contributed by atoms with E-state index >= 15 is 0 Å². The standard InChI is InChI=1S/C27H28N4O2/c1-3-24(25-29-23-17-11-10-16-22(23)26(32)30(25)2)31(19-18-20-12-6-4-7-13-20)27(33)28-21-14-8-5-9-15-21/h4-17,24H,3,18-19H2,1-2H3,(H,28,33). The topological polar surface area (TPSA) is 67.2 Å². The zero-order valence-electron chi connectivity index (χ0n) is 18.9. The first kappa shape index (κ1) is 22.3. The van der Waals surface area contributed by atoms with Gasteiger partial charge in [0.1, 0.15) is 5.82 Å². The summed E-state index contributed by atoms with van der Waals surface area (Å²) in [6.45, 7) is 2.50. The average Bonchev–Trinajstić information content (AvgIpc) is 2.85. The fourth-order valence-electron chi connectivity index (χ4n) is 4.09. The van der Waals surface area contributed by atoms with E-state index in [-0.39, 0.29) is 17.6 Å². The minimum atomic E-state index is -0.361. The molecular formula is C27H28N4O2. The van der Waals surface area contributed by atoms with Crippen LogP contribution in [0.25, 0.3) is 10.9 Å². The van der Waals surface area contributed by atoms with E-state index in [1.807, 2.05) is 73.7 Å². The molecule has 0 spiro atoms. The van der Waals surface area contributed by atoms with Crippen LogP contribution in [-0.4, -0.2) is 27.0 Å². The maximum Gasteiger partial charge on any atom is 0.322 e. The number of nitrogens with zero attached hydrogens (tertiary/aromatic N) is 3. The molecular weight excluding hydrogens is 412 g/mol. The molecule has 6 heteroatoms. The number of nitrogens with one attached hydrogen (secondary N) is 1. The van der Waals surface area contributed by atoms with E-state index in [0.29, 0.717) is 36.1 Å². The van der Waals surface area contributed by atoms with E-state index in [9.17, 15) is 9.59 Å². The van der Waals surface area contributed by atoms with Crippen LogP contribution >= 0.6 is 0 Å². The summed E-state index contributed by atoms with van der Waals surface area (Å²) in [5.74, 6) is 0.581. The summed E-state index contributed by atoms with van der Waals surface area (Å²) >= 11 is 0. The molecule has 33 heavy (non-hydrogen) atoms. The summed E-state index contributed by atoms with van der Waals surface area (Å²) in [5, 5.41) is 3.58. The fraction of sp³-hybridized carbons (Fsp3) is 0.222. The summed E-state index contributed by atoms with van der Waals surface area (Å²) in [6, 6.07) is 26.2. The Morgan fingerprint density at radius 3 is 2.30 bits per heavy atom. The zero-order valence-corrected chi connectivity index (χ0v) is 18.9. The van der Waals surface area contributed by atoms with Gasteiger partial charge in [-0.05, 0) is 42.7 Å². The van der Waals surface area contributed by atoms with Gasteiger partial charge in [-0.1, -0.05) is 67.6 Å². The Balaban J connectivity index is 1.72. The molecule has 4 rings (SSSR count). The first-order chi connectivity index (χ1) is 16.1. The van der Waals surface area contributed by atoms with E-state index in [0.717, 1.165) is 11.3 Å². The Hall–Kier alpha value is -3.93. The van der Waals surface area contributed by atoms with Gasteiger partial charge >= 0.3 is 6.03 Å². The van der Waals surface area contributed by atoms with Gasteiger partial charge in [-0.2, -0.15) is 0 Å². The highest BCUT2D eigenvalue weighted by atomic mass is 16.2. The molecule has 2 amide bonds. The van der Waals surface area contributed by atoms with Crippen LogP contribution in [0.1, 0.15) is 30.8 Å². The maximum atomic E-state index is 13.5. The fourth-order valence-corrected chi connectivity index (χ4v) is 4.09. The molecule has 1 atom stereocenters. The van der Waals surface area contributed by atoms with E-state index in [4.69, 9.17) is 4.98 Å². The second-order valence-electron chi connectivity index (χ2n) is 8.00. The number of para-hydroxylation sites is 2. The van der Waals surface area contributed by atoms with E-state index < -0.39 is 0 Å². The van der Waals surface area contributed by atoms with Crippen molar-refractivity contribution in [2.45, 2.75) is 25.8 Å². The van der Waals surface area contributed by atoms with Gasteiger partial charge in [-0.15, -0.1) is 0 Å². The Morgan fingerprint density at radius 2 is 1.61 bits per heavy atom. The Kier molecular flexibility index (Phi) is 6.83. The highest BCUT2D eigenvalue weighted by Crippen LogP contribution is 2.25. The molecule has 1 heterocycles. The molecule has 1 N–H and O–H groups in total. The van der Waals surface area contributed by atoms with Gasteiger partial charge in [-0.25, -0.2) is 9.78 Å². The van der Waals surface area contributed by atoms with Crippen LogP contribution in [0, 0.1) is 0 Å². The molecule has 0 radical (unpaired) electrons.